The molecule has 3 rings (SSSR count). The van der Waals surface area contributed by atoms with Crippen LogP contribution in [0.4, 0.5) is 0 Å². The molecule has 0 atom stereocenters. The van der Waals surface area contributed by atoms with Crippen LogP contribution < -0.4 is 10.4 Å². The van der Waals surface area contributed by atoms with Crippen molar-refractivity contribution in [2.45, 2.75) is 5.33 Å². The van der Waals surface area contributed by atoms with Gasteiger partial charge in [-0.1, -0.05) is 34.1 Å². The van der Waals surface area contributed by atoms with Gasteiger partial charge in [-0.05, 0) is 29.8 Å². The molecule has 0 saturated carbocycles. The summed E-state index contributed by atoms with van der Waals surface area (Å²) in [6.07, 6.45) is 0. The molecule has 0 bridgehead atoms. The third kappa shape index (κ3) is 2.60. The summed E-state index contributed by atoms with van der Waals surface area (Å²) in [5.74, 6) is 1.38. The Kier molecular flexibility index (Phi) is 3.56. The molecule has 0 saturated heterocycles. The molecule has 100 valence electrons. The number of fused-ring (bicyclic) bond motifs is 1. The van der Waals surface area contributed by atoms with Gasteiger partial charge in [-0.25, -0.2) is 4.79 Å². The smallest absolute Gasteiger partial charge is 0.336 e. The van der Waals surface area contributed by atoms with Gasteiger partial charge in [-0.15, -0.1) is 0 Å². The van der Waals surface area contributed by atoms with Gasteiger partial charge in [-0.2, -0.15) is 0 Å². The summed E-state index contributed by atoms with van der Waals surface area (Å²) < 4.78 is 11.0. The minimum absolute atomic E-state index is 0.358. The van der Waals surface area contributed by atoms with E-state index in [0.29, 0.717) is 16.7 Å². The zero-order valence-corrected chi connectivity index (χ0v) is 12.1. The van der Waals surface area contributed by atoms with Crippen LogP contribution in [-0.4, -0.2) is 0 Å². The van der Waals surface area contributed by atoms with E-state index in [1.54, 1.807) is 6.07 Å². The Morgan fingerprint density at radius 1 is 1.00 bits per heavy atom. The first-order valence-electron chi connectivity index (χ1n) is 6.12. The van der Waals surface area contributed by atoms with E-state index < -0.39 is 0 Å². The normalized spacial score (nSPS) is 10.7. The van der Waals surface area contributed by atoms with Crippen molar-refractivity contribution >= 4 is 26.9 Å². The van der Waals surface area contributed by atoms with E-state index in [-0.39, 0.29) is 5.63 Å². The Balaban J connectivity index is 2.05. The predicted octanol–water partition coefficient (Wildman–Crippen LogP) is 4.48. The van der Waals surface area contributed by atoms with Crippen LogP contribution >= 0.6 is 15.9 Å². The van der Waals surface area contributed by atoms with Crippen LogP contribution in [0.1, 0.15) is 5.56 Å². The molecule has 0 radical (unpaired) electrons. The Hall–Kier alpha value is -2.07. The summed E-state index contributed by atoms with van der Waals surface area (Å²) in [6, 6.07) is 16.5. The van der Waals surface area contributed by atoms with Gasteiger partial charge in [0.15, 0.2) is 0 Å². The summed E-state index contributed by atoms with van der Waals surface area (Å²) >= 11 is 3.37. The van der Waals surface area contributed by atoms with Crippen LogP contribution in [0.3, 0.4) is 0 Å². The molecular formula is C16H11BrO3. The lowest BCUT2D eigenvalue weighted by Crippen LogP contribution is -1.99. The van der Waals surface area contributed by atoms with Gasteiger partial charge in [0, 0.05) is 22.8 Å². The highest BCUT2D eigenvalue weighted by atomic mass is 79.9. The Bertz CT molecular complexity index is 794. The van der Waals surface area contributed by atoms with Crippen molar-refractivity contribution < 1.29 is 9.15 Å². The molecule has 4 heteroatoms. The highest BCUT2D eigenvalue weighted by Crippen LogP contribution is 2.27. The maximum absolute atomic E-state index is 11.5. The van der Waals surface area contributed by atoms with E-state index in [1.807, 2.05) is 42.5 Å². The van der Waals surface area contributed by atoms with Crippen molar-refractivity contribution in [3.63, 3.8) is 0 Å². The third-order valence-electron chi connectivity index (χ3n) is 2.92. The van der Waals surface area contributed by atoms with Crippen molar-refractivity contribution in [2.24, 2.45) is 0 Å². The van der Waals surface area contributed by atoms with E-state index in [2.05, 4.69) is 15.9 Å². The third-order valence-corrected chi connectivity index (χ3v) is 3.53. The first-order valence-corrected chi connectivity index (χ1v) is 7.24. The largest absolute Gasteiger partial charge is 0.457 e. The molecule has 2 aromatic carbocycles. The van der Waals surface area contributed by atoms with Gasteiger partial charge in [0.25, 0.3) is 0 Å². The molecule has 0 fully saturated rings. The van der Waals surface area contributed by atoms with Crippen molar-refractivity contribution in [3.8, 4) is 11.5 Å². The second-order valence-electron chi connectivity index (χ2n) is 4.30. The summed E-state index contributed by atoms with van der Waals surface area (Å²) in [5.41, 5.74) is 1.08. The van der Waals surface area contributed by atoms with Crippen LogP contribution in [0, 0.1) is 0 Å². The van der Waals surface area contributed by atoms with E-state index in [4.69, 9.17) is 9.15 Å². The molecule has 1 heterocycles. The molecule has 0 aliphatic rings. The van der Waals surface area contributed by atoms with E-state index in [1.165, 1.54) is 6.07 Å². The molecule has 0 aliphatic heterocycles. The maximum Gasteiger partial charge on any atom is 0.336 e. The standard InChI is InChI=1S/C16H11BrO3/c17-10-11-8-16(18)20-15-9-13(6-7-14(11)15)19-12-4-2-1-3-5-12/h1-9H,10H2. The van der Waals surface area contributed by atoms with Crippen LogP contribution in [-0.2, 0) is 5.33 Å². The average molecular weight is 331 g/mol. The molecule has 0 spiro atoms. The highest BCUT2D eigenvalue weighted by Gasteiger charge is 2.06. The molecule has 3 aromatic rings. The molecule has 1 aromatic heterocycles. The van der Waals surface area contributed by atoms with Crippen LogP contribution in [0.2, 0.25) is 0 Å². The minimum Gasteiger partial charge on any atom is -0.457 e. The van der Waals surface area contributed by atoms with Gasteiger partial charge < -0.3 is 9.15 Å². The number of hydrogen-bond acceptors (Lipinski definition) is 3. The fraction of sp³-hybridized carbons (Fsp3) is 0.0625. The first-order chi connectivity index (χ1) is 9.76. The number of hydrogen-bond donors (Lipinski definition) is 0. The Morgan fingerprint density at radius 2 is 1.80 bits per heavy atom. The zero-order chi connectivity index (χ0) is 13.9. The molecule has 0 amide bonds. The molecule has 3 nitrogen and oxygen atoms in total. The van der Waals surface area contributed by atoms with Gasteiger partial charge >= 0.3 is 5.63 Å². The van der Waals surface area contributed by atoms with Gasteiger partial charge in [0.2, 0.25) is 0 Å². The van der Waals surface area contributed by atoms with Crippen molar-refractivity contribution in [3.05, 3.63) is 70.6 Å². The SMILES string of the molecule is O=c1cc(CBr)c2ccc(Oc3ccccc3)cc2o1. The second kappa shape index (κ2) is 5.51. The topological polar surface area (TPSA) is 39.4 Å². The second-order valence-corrected chi connectivity index (χ2v) is 4.86. The van der Waals surface area contributed by atoms with Crippen LogP contribution in [0.25, 0.3) is 11.0 Å². The van der Waals surface area contributed by atoms with Gasteiger partial charge in [0.1, 0.15) is 17.1 Å². The van der Waals surface area contributed by atoms with E-state index in [9.17, 15) is 4.79 Å². The highest BCUT2D eigenvalue weighted by molar-refractivity contribution is 9.08. The van der Waals surface area contributed by atoms with Crippen LogP contribution in [0.5, 0.6) is 11.5 Å². The van der Waals surface area contributed by atoms with E-state index in [0.717, 1.165) is 16.7 Å². The van der Waals surface area contributed by atoms with Crippen molar-refractivity contribution in [1.82, 2.24) is 0 Å². The number of rotatable bonds is 3. The molecule has 20 heavy (non-hydrogen) atoms. The summed E-state index contributed by atoms with van der Waals surface area (Å²) in [6.45, 7) is 0. The number of para-hydroxylation sites is 1. The van der Waals surface area contributed by atoms with Gasteiger partial charge in [0.05, 0.1) is 0 Å². The predicted molar refractivity (Wildman–Crippen MR) is 81.6 cm³/mol. The molecule has 0 unspecified atom stereocenters. The minimum atomic E-state index is -0.358. The number of benzene rings is 2. The Morgan fingerprint density at radius 3 is 2.55 bits per heavy atom. The quantitative estimate of drug-likeness (QED) is 0.525. The van der Waals surface area contributed by atoms with Crippen molar-refractivity contribution in [2.75, 3.05) is 0 Å². The van der Waals surface area contributed by atoms with Crippen molar-refractivity contribution in [1.29, 1.82) is 0 Å². The average Bonchev–Trinajstić information content (AvgIpc) is 2.47. The first kappa shape index (κ1) is 12.9. The fourth-order valence-electron chi connectivity index (χ4n) is 2.01. The monoisotopic (exact) mass is 330 g/mol. The zero-order valence-electron chi connectivity index (χ0n) is 10.5. The molecular weight excluding hydrogens is 320 g/mol. The summed E-state index contributed by atoms with van der Waals surface area (Å²) in [4.78, 5) is 11.5. The fourth-order valence-corrected chi connectivity index (χ4v) is 2.47. The lowest BCUT2D eigenvalue weighted by molar-refractivity contribution is 0.480. The van der Waals surface area contributed by atoms with Gasteiger partial charge in [-0.3, -0.25) is 0 Å². The number of alkyl halides is 1. The maximum atomic E-state index is 11.5. The molecule has 0 N–H and O–H groups in total. The number of ether oxygens (including phenoxy) is 1. The Labute approximate surface area is 123 Å². The lowest BCUT2D eigenvalue weighted by atomic mass is 10.1. The number of halogens is 1. The summed E-state index contributed by atoms with van der Waals surface area (Å²) in [7, 11) is 0. The van der Waals surface area contributed by atoms with Crippen LogP contribution in [0.15, 0.2) is 63.8 Å². The molecule has 0 aliphatic carbocycles. The summed E-state index contributed by atoms with van der Waals surface area (Å²) in [5, 5.41) is 1.51. The lowest BCUT2D eigenvalue weighted by Gasteiger charge is -2.07. The van der Waals surface area contributed by atoms with E-state index >= 15 is 0 Å².